The first-order chi connectivity index (χ1) is 25.7. The van der Waals surface area contributed by atoms with Crippen LogP contribution in [0.15, 0.2) is 97.3 Å². The van der Waals surface area contributed by atoms with Crippen LogP contribution in [0.25, 0.3) is 22.2 Å². The molecule has 8 rings (SSSR count). The van der Waals surface area contributed by atoms with E-state index < -0.39 is 0 Å². The fourth-order valence-corrected chi connectivity index (χ4v) is 8.84. The standard InChI is InChI=1S/C44H42Cl2N4O3/c1-26-9-8-22-50-41(30-17-19-31(45)20-18-30)34-24-32(46)25-36-38(34)39(42(50)37(26)29-11-4-3-5-12-29)40(48-36)43(52)49-35-14-7-21-47-44(35)53-33-13-6-10-28(23-33)16-15-27(2)51/h3-5,7-8,11-12,14,17-22,24-26,28,33,41,48H,6,9-10,13,15-16,23H2,1-2H3,(H,49,52). The molecule has 4 heterocycles. The summed E-state index contributed by atoms with van der Waals surface area (Å²) in [6, 6.07) is 25.8. The number of benzene rings is 3. The summed E-state index contributed by atoms with van der Waals surface area (Å²) in [5.41, 5.74) is 7.86. The number of hydrogen-bond acceptors (Lipinski definition) is 5. The Morgan fingerprint density at radius 2 is 1.81 bits per heavy atom. The van der Waals surface area contributed by atoms with Crippen molar-refractivity contribution in [3.05, 3.63) is 135 Å². The molecule has 4 atom stereocenters. The average Bonchev–Trinajstić information content (AvgIpc) is 3.44. The molecule has 1 amide bonds. The zero-order valence-electron chi connectivity index (χ0n) is 29.9. The normalized spacial score (nSPS) is 20.9. The zero-order chi connectivity index (χ0) is 36.6. The molecule has 1 fully saturated rings. The van der Waals surface area contributed by atoms with Gasteiger partial charge in [0.05, 0.1) is 11.7 Å². The second-order valence-corrected chi connectivity index (χ2v) is 15.5. The molecule has 5 aromatic rings. The molecule has 0 saturated heterocycles. The summed E-state index contributed by atoms with van der Waals surface area (Å²) in [4.78, 5) is 36.8. The Morgan fingerprint density at radius 3 is 2.60 bits per heavy atom. The Morgan fingerprint density at radius 1 is 1.00 bits per heavy atom. The number of nitrogens with one attached hydrogen (secondary N) is 2. The minimum Gasteiger partial charge on any atom is -0.473 e. The number of ether oxygens (including phenoxy) is 1. The third kappa shape index (κ3) is 7.00. The highest BCUT2D eigenvalue weighted by molar-refractivity contribution is 6.32. The first kappa shape index (κ1) is 35.2. The molecule has 0 spiro atoms. The highest BCUT2D eigenvalue weighted by Crippen LogP contribution is 2.53. The fraction of sp³-hybridized carbons (Fsp3) is 0.295. The number of amides is 1. The third-order valence-corrected chi connectivity index (χ3v) is 11.4. The van der Waals surface area contributed by atoms with Crippen LogP contribution < -0.4 is 10.1 Å². The van der Waals surface area contributed by atoms with Gasteiger partial charge in [-0.05, 0) is 110 Å². The molecule has 53 heavy (non-hydrogen) atoms. The average molecular weight is 746 g/mol. The SMILES string of the molecule is CC(=O)CCC1CCCC(Oc2ncccc2NC(=O)c2[nH]c3cc(Cl)cc4c3c2C2=C(c3ccccc3)C(C)CC=CN2C4c2ccc(Cl)cc2)C1. The minimum atomic E-state index is -0.301. The number of carbonyl (C=O) groups is 2. The number of aromatic amines is 1. The number of ketones is 1. The van der Waals surface area contributed by atoms with Gasteiger partial charge in [-0.25, -0.2) is 4.98 Å². The van der Waals surface area contributed by atoms with E-state index in [-0.39, 0.29) is 29.8 Å². The van der Waals surface area contributed by atoms with Crippen LogP contribution in [0.4, 0.5) is 5.69 Å². The molecule has 3 aliphatic rings. The van der Waals surface area contributed by atoms with E-state index in [1.165, 1.54) is 0 Å². The summed E-state index contributed by atoms with van der Waals surface area (Å²) in [7, 11) is 0. The number of fused-ring (bicyclic) bond motifs is 2. The van der Waals surface area contributed by atoms with Crippen LogP contribution in [0.3, 0.4) is 0 Å². The summed E-state index contributed by atoms with van der Waals surface area (Å²) in [5.74, 6) is 0.902. The highest BCUT2D eigenvalue weighted by Gasteiger charge is 2.40. The maximum Gasteiger partial charge on any atom is 0.272 e. The van der Waals surface area contributed by atoms with Gasteiger partial charge in [0.15, 0.2) is 0 Å². The number of anilines is 1. The van der Waals surface area contributed by atoms with Gasteiger partial charge in [0.2, 0.25) is 5.88 Å². The van der Waals surface area contributed by atoms with Crippen molar-refractivity contribution in [1.82, 2.24) is 14.9 Å². The molecule has 3 aromatic carbocycles. The van der Waals surface area contributed by atoms with Gasteiger partial charge >= 0.3 is 0 Å². The Labute approximate surface area is 320 Å². The van der Waals surface area contributed by atoms with Crippen molar-refractivity contribution < 1.29 is 14.3 Å². The molecule has 1 saturated carbocycles. The Hall–Kier alpha value is -4.85. The highest BCUT2D eigenvalue weighted by atomic mass is 35.5. The quantitative estimate of drug-likeness (QED) is 0.157. The minimum absolute atomic E-state index is 0.0404. The number of hydrogen-bond donors (Lipinski definition) is 2. The summed E-state index contributed by atoms with van der Waals surface area (Å²) in [6.07, 6.45) is 12.2. The molecule has 7 nitrogen and oxygen atoms in total. The molecule has 2 N–H and O–H groups in total. The number of aromatic nitrogens is 2. The van der Waals surface area contributed by atoms with Crippen molar-refractivity contribution >= 4 is 62.8 Å². The molecule has 270 valence electrons. The van der Waals surface area contributed by atoms with Gasteiger partial charge in [-0.3, -0.25) is 4.79 Å². The van der Waals surface area contributed by atoms with Gasteiger partial charge in [0, 0.05) is 45.3 Å². The lowest BCUT2D eigenvalue weighted by atomic mass is 9.82. The van der Waals surface area contributed by atoms with Crippen molar-refractivity contribution in [3.8, 4) is 5.88 Å². The van der Waals surface area contributed by atoms with Gasteiger partial charge in [-0.2, -0.15) is 0 Å². The number of pyridine rings is 1. The Kier molecular flexibility index (Phi) is 9.88. The van der Waals surface area contributed by atoms with Crippen molar-refractivity contribution in [2.24, 2.45) is 11.8 Å². The van der Waals surface area contributed by atoms with Crippen LogP contribution >= 0.6 is 23.2 Å². The van der Waals surface area contributed by atoms with E-state index in [9.17, 15) is 9.59 Å². The number of rotatable bonds is 9. The molecule has 0 radical (unpaired) electrons. The second kappa shape index (κ2) is 14.9. The van der Waals surface area contributed by atoms with Gasteiger partial charge in [-0.1, -0.05) is 85.1 Å². The number of nitrogens with zero attached hydrogens (tertiary/aromatic N) is 2. The molecule has 4 unspecified atom stereocenters. The van der Waals surface area contributed by atoms with E-state index >= 15 is 0 Å². The maximum absolute atomic E-state index is 14.7. The van der Waals surface area contributed by atoms with Gasteiger partial charge in [-0.15, -0.1) is 0 Å². The number of carbonyl (C=O) groups excluding carboxylic acids is 2. The zero-order valence-corrected chi connectivity index (χ0v) is 31.4. The lowest BCUT2D eigenvalue weighted by Crippen LogP contribution is -2.29. The van der Waals surface area contributed by atoms with E-state index in [1.807, 2.05) is 36.4 Å². The van der Waals surface area contributed by atoms with Crippen LogP contribution in [-0.2, 0) is 4.79 Å². The lowest BCUT2D eigenvalue weighted by molar-refractivity contribution is -0.117. The van der Waals surface area contributed by atoms with Crippen molar-refractivity contribution in [1.29, 1.82) is 0 Å². The first-order valence-corrected chi connectivity index (χ1v) is 19.3. The molecule has 2 aromatic heterocycles. The number of halogens is 2. The van der Waals surface area contributed by atoms with E-state index in [4.69, 9.17) is 27.9 Å². The largest absolute Gasteiger partial charge is 0.473 e. The van der Waals surface area contributed by atoms with Crippen LogP contribution in [0.1, 0.15) is 97.6 Å². The molecule has 2 aliphatic heterocycles. The molecule has 9 heteroatoms. The topological polar surface area (TPSA) is 87.3 Å². The molecular formula is C44H42Cl2N4O3. The second-order valence-electron chi connectivity index (χ2n) is 14.6. The summed E-state index contributed by atoms with van der Waals surface area (Å²) < 4.78 is 6.51. The Balaban J connectivity index is 1.25. The monoisotopic (exact) mass is 744 g/mol. The van der Waals surface area contributed by atoms with Crippen molar-refractivity contribution in [2.75, 3.05) is 5.32 Å². The van der Waals surface area contributed by atoms with Gasteiger partial charge in [0.1, 0.15) is 23.3 Å². The van der Waals surface area contributed by atoms with Crippen molar-refractivity contribution in [2.45, 2.75) is 70.9 Å². The summed E-state index contributed by atoms with van der Waals surface area (Å²) in [6.45, 7) is 3.90. The van der Waals surface area contributed by atoms with Gasteiger partial charge in [0.25, 0.3) is 5.91 Å². The molecule has 0 bridgehead atoms. The van der Waals surface area contributed by atoms with Crippen molar-refractivity contribution in [3.63, 3.8) is 0 Å². The first-order valence-electron chi connectivity index (χ1n) is 18.5. The third-order valence-electron chi connectivity index (χ3n) is 10.9. The number of allylic oxidation sites excluding steroid dienone is 2. The maximum atomic E-state index is 14.7. The molecule has 1 aliphatic carbocycles. The lowest BCUT2D eigenvalue weighted by Gasteiger charge is -2.39. The van der Waals surface area contributed by atoms with Crippen LogP contribution in [0.5, 0.6) is 5.88 Å². The van der Waals surface area contributed by atoms with Crippen LogP contribution in [-0.4, -0.2) is 32.7 Å². The van der Waals surface area contributed by atoms with E-state index in [2.05, 4.69) is 75.8 Å². The molecular weight excluding hydrogens is 703 g/mol. The Bertz CT molecular complexity index is 2240. The van der Waals surface area contributed by atoms with E-state index in [1.54, 1.807) is 19.2 Å². The van der Waals surface area contributed by atoms with Crippen LogP contribution in [0.2, 0.25) is 10.0 Å². The summed E-state index contributed by atoms with van der Waals surface area (Å²) >= 11 is 13.2. The fourth-order valence-electron chi connectivity index (χ4n) is 8.49. The number of Topliss-reactive ketones (excluding diaryl/α,β-unsaturated/α-hetero) is 1. The summed E-state index contributed by atoms with van der Waals surface area (Å²) in [5, 5.41) is 5.38. The number of H-pyrrole nitrogens is 1. The smallest absolute Gasteiger partial charge is 0.272 e. The predicted octanol–water partition coefficient (Wildman–Crippen LogP) is 11.3. The van der Waals surface area contributed by atoms with E-state index in [0.717, 1.165) is 83.0 Å². The van der Waals surface area contributed by atoms with Crippen LogP contribution in [0, 0.1) is 11.8 Å². The van der Waals surface area contributed by atoms with Gasteiger partial charge < -0.3 is 24.7 Å². The van der Waals surface area contributed by atoms with E-state index in [0.29, 0.717) is 39.6 Å². The predicted molar refractivity (Wildman–Crippen MR) is 213 cm³/mol.